The summed E-state index contributed by atoms with van der Waals surface area (Å²) < 4.78 is 7.36. The Hall–Kier alpha value is -3.35. The van der Waals surface area contributed by atoms with Crippen LogP contribution in [-0.4, -0.2) is 46.1 Å². The summed E-state index contributed by atoms with van der Waals surface area (Å²) in [6.45, 7) is 3.38. The molecule has 3 aromatic rings. The van der Waals surface area contributed by atoms with Crippen LogP contribution in [0.2, 0.25) is 0 Å². The third kappa shape index (κ3) is 4.23. The van der Waals surface area contributed by atoms with E-state index >= 15 is 0 Å². The molecule has 1 saturated heterocycles. The standard InChI is InChI=1S/C22H24N4O3/c1-16-24-19-9-5-6-10-20(19)26(16)18-11-12-25(14-18)21(27)13-23-22(28)29-15-17-7-3-2-4-8-17/h2-10,18H,11-15H2,1H3,(H,23,28)/t18-/m1/s1. The average molecular weight is 392 g/mol. The van der Waals surface area contributed by atoms with E-state index in [1.807, 2.05) is 55.5 Å². The van der Waals surface area contributed by atoms with Gasteiger partial charge in [-0.1, -0.05) is 42.5 Å². The first kappa shape index (κ1) is 19.0. The van der Waals surface area contributed by atoms with E-state index in [9.17, 15) is 9.59 Å². The van der Waals surface area contributed by atoms with Crippen molar-refractivity contribution in [3.05, 3.63) is 66.0 Å². The summed E-state index contributed by atoms with van der Waals surface area (Å²) in [4.78, 5) is 30.8. The number of nitrogens with one attached hydrogen (secondary N) is 1. The van der Waals surface area contributed by atoms with E-state index in [0.29, 0.717) is 13.1 Å². The first-order chi connectivity index (χ1) is 14.1. The van der Waals surface area contributed by atoms with Crippen molar-refractivity contribution in [1.29, 1.82) is 0 Å². The Morgan fingerprint density at radius 1 is 1.14 bits per heavy atom. The number of likely N-dealkylation sites (tertiary alicyclic amines) is 1. The predicted molar refractivity (Wildman–Crippen MR) is 109 cm³/mol. The van der Waals surface area contributed by atoms with Crippen molar-refractivity contribution in [3.63, 3.8) is 0 Å². The minimum absolute atomic E-state index is 0.0655. The number of fused-ring (bicyclic) bond motifs is 1. The smallest absolute Gasteiger partial charge is 0.407 e. The minimum Gasteiger partial charge on any atom is -0.445 e. The molecule has 4 rings (SSSR count). The van der Waals surface area contributed by atoms with Gasteiger partial charge in [0.25, 0.3) is 0 Å². The second-order valence-corrected chi connectivity index (χ2v) is 7.22. The summed E-state index contributed by atoms with van der Waals surface area (Å²) in [5, 5.41) is 2.55. The number of carbonyl (C=O) groups excluding carboxylic acids is 2. The summed E-state index contributed by atoms with van der Waals surface area (Å²) in [6.07, 6.45) is 0.278. The van der Waals surface area contributed by atoms with Crippen LogP contribution in [0.5, 0.6) is 0 Å². The second kappa shape index (κ2) is 8.34. The molecular formula is C22H24N4O3. The Labute approximate surface area is 169 Å². The number of hydrogen-bond acceptors (Lipinski definition) is 4. The summed E-state index contributed by atoms with van der Waals surface area (Å²) in [7, 11) is 0. The highest BCUT2D eigenvalue weighted by atomic mass is 16.5. The molecule has 0 radical (unpaired) electrons. The van der Waals surface area contributed by atoms with Crippen LogP contribution in [0, 0.1) is 6.92 Å². The lowest BCUT2D eigenvalue weighted by atomic mass is 10.2. The van der Waals surface area contributed by atoms with E-state index in [4.69, 9.17) is 4.74 Å². The topological polar surface area (TPSA) is 76.5 Å². The van der Waals surface area contributed by atoms with Gasteiger partial charge in [0.15, 0.2) is 0 Å². The predicted octanol–water partition coefficient (Wildman–Crippen LogP) is 3.04. The van der Waals surface area contributed by atoms with E-state index in [1.54, 1.807) is 4.90 Å². The van der Waals surface area contributed by atoms with Crippen molar-refractivity contribution in [3.8, 4) is 0 Å². The van der Waals surface area contributed by atoms with Gasteiger partial charge in [0.05, 0.1) is 17.1 Å². The molecule has 1 N–H and O–H groups in total. The fraction of sp³-hybridized carbons (Fsp3) is 0.318. The highest BCUT2D eigenvalue weighted by Gasteiger charge is 2.29. The number of imidazole rings is 1. The van der Waals surface area contributed by atoms with E-state index in [2.05, 4.69) is 20.9 Å². The summed E-state index contributed by atoms with van der Waals surface area (Å²) in [6, 6.07) is 17.7. The summed E-state index contributed by atoms with van der Waals surface area (Å²) >= 11 is 0. The third-order valence-corrected chi connectivity index (χ3v) is 5.25. The highest BCUT2D eigenvalue weighted by Crippen LogP contribution is 2.27. The van der Waals surface area contributed by atoms with Crippen LogP contribution in [0.4, 0.5) is 4.79 Å². The molecule has 150 valence electrons. The number of nitrogens with zero attached hydrogens (tertiary/aromatic N) is 3. The Bertz CT molecular complexity index is 1020. The van der Waals surface area contributed by atoms with Crippen molar-refractivity contribution >= 4 is 23.0 Å². The molecule has 0 spiro atoms. The number of ether oxygens (including phenoxy) is 1. The molecule has 1 fully saturated rings. The van der Waals surface area contributed by atoms with Gasteiger partial charge in [-0.3, -0.25) is 4.79 Å². The van der Waals surface area contributed by atoms with Gasteiger partial charge in [-0.15, -0.1) is 0 Å². The second-order valence-electron chi connectivity index (χ2n) is 7.22. The van der Waals surface area contributed by atoms with Gasteiger partial charge in [0.1, 0.15) is 19.0 Å². The molecule has 0 bridgehead atoms. The van der Waals surface area contributed by atoms with Gasteiger partial charge in [-0.2, -0.15) is 0 Å². The monoisotopic (exact) mass is 392 g/mol. The molecule has 0 unspecified atom stereocenters. The van der Waals surface area contributed by atoms with Crippen LogP contribution < -0.4 is 5.32 Å². The van der Waals surface area contributed by atoms with Gasteiger partial charge in [0, 0.05) is 13.1 Å². The quantitative estimate of drug-likeness (QED) is 0.724. The molecule has 1 aliphatic heterocycles. The van der Waals surface area contributed by atoms with E-state index in [0.717, 1.165) is 28.8 Å². The van der Waals surface area contributed by atoms with Crippen molar-refractivity contribution in [2.24, 2.45) is 0 Å². The van der Waals surface area contributed by atoms with Crippen LogP contribution >= 0.6 is 0 Å². The lowest BCUT2D eigenvalue weighted by Gasteiger charge is -2.18. The molecule has 1 aliphatic rings. The molecule has 0 aliphatic carbocycles. The number of benzene rings is 2. The zero-order valence-electron chi connectivity index (χ0n) is 16.4. The number of carbonyl (C=O) groups is 2. The molecule has 2 amide bonds. The molecule has 1 atom stereocenters. The van der Waals surface area contributed by atoms with Crippen molar-refractivity contribution < 1.29 is 14.3 Å². The lowest BCUT2D eigenvalue weighted by Crippen LogP contribution is -2.39. The first-order valence-electron chi connectivity index (χ1n) is 9.77. The first-order valence-corrected chi connectivity index (χ1v) is 9.77. The lowest BCUT2D eigenvalue weighted by molar-refractivity contribution is -0.129. The SMILES string of the molecule is Cc1nc2ccccc2n1[C@@H]1CCN(C(=O)CNC(=O)OCc2ccccc2)C1. The van der Waals surface area contributed by atoms with Gasteiger partial charge in [0.2, 0.25) is 5.91 Å². The molecule has 0 saturated carbocycles. The van der Waals surface area contributed by atoms with E-state index < -0.39 is 6.09 Å². The summed E-state index contributed by atoms with van der Waals surface area (Å²) in [5.41, 5.74) is 2.96. The molecule has 7 heteroatoms. The Morgan fingerprint density at radius 2 is 1.90 bits per heavy atom. The molecule has 7 nitrogen and oxygen atoms in total. The molecule has 2 aromatic carbocycles. The maximum absolute atomic E-state index is 12.5. The van der Waals surface area contributed by atoms with Crippen LogP contribution in [0.1, 0.15) is 23.9 Å². The van der Waals surface area contributed by atoms with E-state index in [-0.39, 0.29) is 25.1 Å². The maximum Gasteiger partial charge on any atom is 0.407 e. The van der Waals surface area contributed by atoms with Gasteiger partial charge in [-0.25, -0.2) is 9.78 Å². The fourth-order valence-electron chi connectivity index (χ4n) is 3.84. The zero-order valence-corrected chi connectivity index (χ0v) is 16.4. The van der Waals surface area contributed by atoms with Crippen LogP contribution in [0.25, 0.3) is 11.0 Å². The maximum atomic E-state index is 12.5. The average Bonchev–Trinajstić information content (AvgIpc) is 3.34. The summed E-state index contributed by atoms with van der Waals surface area (Å²) in [5.74, 6) is 0.847. The number of aromatic nitrogens is 2. The van der Waals surface area contributed by atoms with Crippen LogP contribution in [-0.2, 0) is 16.1 Å². The van der Waals surface area contributed by atoms with Gasteiger partial charge < -0.3 is 19.5 Å². The number of rotatable bonds is 5. The van der Waals surface area contributed by atoms with Gasteiger partial charge >= 0.3 is 6.09 Å². The molecule has 1 aromatic heterocycles. The van der Waals surface area contributed by atoms with Crippen molar-refractivity contribution in [2.45, 2.75) is 26.0 Å². The highest BCUT2D eigenvalue weighted by molar-refractivity contribution is 5.82. The van der Waals surface area contributed by atoms with Crippen LogP contribution in [0.3, 0.4) is 0 Å². The van der Waals surface area contributed by atoms with Crippen molar-refractivity contribution in [1.82, 2.24) is 19.8 Å². The Balaban J connectivity index is 1.29. The zero-order chi connectivity index (χ0) is 20.2. The third-order valence-electron chi connectivity index (χ3n) is 5.25. The molecular weight excluding hydrogens is 368 g/mol. The minimum atomic E-state index is -0.589. The molecule has 2 heterocycles. The van der Waals surface area contributed by atoms with Gasteiger partial charge in [-0.05, 0) is 31.0 Å². The van der Waals surface area contributed by atoms with Crippen LogP contribution in [0.15, 0.2) is 54.6 Å². The normalized spacial score (nSPS) is 16.2. The Kier molecular flexibility index (Phi) is 5.46. The fourth-order valence-corrected chi connectivity index (χ4v) is 3.84. The number of aryl methyl sites for hydroxylation is 1. The number of alkyl carbamates (subject to hydrolysis) is 1. The molecule has 29 heavy (non-hydrogen) atoms. The largest absolute Gasteiger partial charge is 0.445 e. The Morgan fingerprint density at radius 3 is 2.72 bits per heavy atom. The number of para-hydroxylation sites is 2. The number of hydrogen-bond donors (Lipinski definition) is 1. The number of amides is 2. The van der Waals surface area contributed by atoms with Crippen molar-refractivity contribution in [2.75, 3.05) is 19.6 Å². The van der Waals surface area contributed by atoms with E-state index in [1.165, 1.54) is 0 Å².